The fraction of sp³-hybridized carbons (Fsp3) is 0.360. The molecule has 0 saturated carbocycles. The molecule has 1 amide bonds. The van der Waals surface area contributed by atoms with Gasteiger partial charge in [0, 0.05) is 24.5 Å². The first kappa shape index (κ1) is 22.7. The number of hydrogen-bond acceptors (Lipinski definition) is 5. The molecule has 4 N–H and O–H groups in total. The summed E-state index contributed by atoms with van der Waals surface area (Å²) in [5.74, 6) is 0.578. The Labute approximate surface area is 184 Å². The molecule has 1 heterocycles. The molecule has 0 unspecified atom stereocenters. The number of aromatic nitrogens is 1. The third kappa shape index (κ3) is 7.05. The molecule has 0 aliphatic carbocycles. The molecule has 6 nitrogen and oxygen atoms in total. The zero-order valence-electron chi connectivity index (χ0n) is 18.0. The van der Waals surface area contributed by atoms with Gasteiger partial charge in [0.25, 0.3) is 0 Å². The van der Waals surface area contributed by atoms with E-state index in [2.05, 4.69) is 17.1 Å². The highest BCUT2D eigenvalue weighted by Crippen LogP contribution is 2.16. The Morgan fingerprint density at radius 1 is 0.968 bits per heavy atom. The fourth-order valence-electron chi connectivity index (χ4n) is 3.50. The summed E-state index contributed by atoms with van der Waals surface area (Å²) in [6.07, 6.45) is 2.85. The Balaban J connectivity index is 1.54. The van der Waals surface area contributed by atoms with Gasteiger partial charge in [0.05, 0.1) is 18.2 Å². The van der Waals surface area contributed by atoms with Crippen molar-refractivity contribution < 1.29 is 9.53 Å². The van der Waals surface area contributed by atoms with Crippen LogP contribution in [0.25, 0.3) is 10.9 Å². The molecule has 0 aliphatic heterocycles. The van der Waals surface area contributed by atoms with Crippen molar-refractivity contribution in [1.82, 2.24) is 9.88 Å². The van der Waals surface area contributed by atoms with E-state index in [1.165, 1.54) is 5.56 Å². The highest BCUT2D eigenvalue weighted by molar-refractivity contribution is 5.81. The number of nitrogens with two attached hydrogens (primary N) is 2. The van der Waals surface area contributed by atoms with Crippen LogP contribution in [0.5, 0.6) is 5.88 Å². The van der Waals surface area contributed by atoms with Crippen LogP contribution < -0.4 is 16.2 Å². The Morgan fingerprint density at radius 3 is 2.55 bits per heavy atom. The van der Waals surface area contributed by atoms with E-state index in [0.29, 0.717) is 45.0 Å². The van der Waals surface area contributed by atoms with E-state index in [9.17, 15) is 4.79 Å². The number of para-hydroxylation sites is 1. The molecule has 2 aromatic carbocycles. The summed E-state index contributed by atoms with van der Waals surface area (Å²) in [6, 6.07) is 21.5. The summed E-state index contributed by atoms with van der Waals surface area (Å²) in [6.45, 7) is 2.25. The number of pyridine rings is 1. The average molecular weight is 421 g/mol. The quantitative estimate of drug-likeness (QED) is 0.439. The molecule has 31 heavy (non-hydrogen) atoms. The highest BCUT2D eigenvalue weighted by Gasteiger charge is 2.20. The molecule has 164 valence electrons. The van der Waals surface area contributed by atoms with Crippen LogP contribution in [-0.4, -0.2) is 48.1 Å². The number of ether oxygens (including phenoxy) is 1. The fourth-order valence-corrected chi connectivity index (χ4v) is 3.50. The van der Waals surface area contributed by atoms with Crippen molar-refractivity contribution in [3.05, 3.63) is 72.3 Å². The van der Waals surface area contributed by atoms with Gasteiger partial charge in [0.1, 0.15) is 0 Å². The third-order valence-corrected chi connectivity index (χ3v) is 5.26. The maximum absolute atomic E-state index is 12.9. The molecule has 0 radical (unpaired) electrons. The zero-order valence-corrected chi connectivity index (χ0v) is 18.0. The van der Waals surface area contributed by atoms with Crippen LogP contribution in [0, 0.1) is 0 Å². The summed E-state index contributed by atoms with van der Waals surface area (Å²) in [4.78, 5) is 19.3. The van der Waals surface area contributed by atoms with Gasteiger partial charge in [-0.15, -0.1) is 0 Å². The van der Waals surface area contributed by atoms with Crippen LogP contribution in [0.3, 0.4) is 0 Å². The van der Waals surface area contributed by atoms with E-state index < -0.39 is 6.04 Å². The normalized spacial score (nSPS) is 11.9. The Bertz CT molecular complexity index is 948. The molecule has 6 heteroatoms. The topological polar surface area (TPSA) is 94.5 Å². The minimum atomic E-state index is -0.512. The standard InChI is InChI=1S/C25H32N4O2/c26-16-6-11-22(27)25(30)29(18-15-20-8-2-1-3-9-20)17-7-19-31-24-14-13-21-10-4-5-12-23(21)28-24/h1-5,8-10,12-14,22H,6-7,11,15-19,26-27H2/t22-/m0/s1. The van der Waals surface area contributed by atoms with Crippen molar-refractivity contribution in [1.29, 1.82) is 0 Å². The number of benzene rings is 2. The van der Waals surface area contributed by atoms with Crippen LogP contribution in [-0.2, 0) is 11.2 Å². The van der Waals surface area contributed by atoms with Gasteiger partial charge in [0.2, 0.25) is 11.8 Å². The van der Waals surface area contributed by atoms with E-state index in [4.69, 9.17) is 16.2 Å². The predicted molar refractivity (Wildman–Crippen MR) is 125 cm³/mol. The van der Waals surface area contributed by atoms with Crippen molar-refractivity contribution in [2.45, 2.75) is 31.7 Å². The number of rotatable bonds is 12. The SMILES string of the molecule is NCCC[C@H](N)C(=O)N(CCCOc1ccc2ccccc2n1)CCc1ccccc1. The Morgan fingerprint density at radius 2 is 1.74 bits per heavy atom. The molecule has 0 aliphatic rings. The van der Waals surface area contributed by atoms with E-state index in [-0.39, 0.29) is 5.91 Å². The van der Waals surface area contributed by atoms with Gasteiger partial charge < -0.3 is 21.1 Å². The van der Waals surface area contributed by atoms with Crippen molar-refractivity contribution in [3.8, 4) is 5.88 Å². The van der Waals surface area contributed by atoms with Crippen molar-refractivity contribution in [2.75, 3.05) is 26.2 Å². The summed E-state index contributed by atoms with van der Waals surface area (Å²) in [7, 11) is 0. The minimum absolute atomic E-state index is 0.0202. The molecule has 3 rings (SSSR count). The van der Waals surface area contributed by atoms with Gasteiger partial charge in [-0.1, -0.05) is 48.5 Å². The first-order valence-electron chi connectivity index (χ1n) is 10.9. The van der Waals surface area contributed by atoms with Gasteiger partial charge in [-0.05, 0) is 49.9 Å². The van der Waals surface area contributed by atoms with Crippen LogP contribution in [0.1, 0.15) is 24.8 Å². The van der Waals surface area contributed by atoms with Gasteiger partial charge in [-0.2, -0.15) is 0 Å². The predicted octanol–water partition coefficient (Wildman–Crippen LogP) is 3.14. The van der Waals surface area contributed by atoms with Crippen molar-refractivity contribution in [3.63, 3.8) is 0 Å². The van der Waals surface area contributed by atoms with Gasteiger partial charge in [-0.3, -0.25) is 4.79 Å². The molecule has 0 saturated heterocycles. The smallest absolute Gasteiger partial charge is 0.239 e. The van der Waals surface area contributed by atoms with Gasteiger partial charge in [0.15, 0.2) is 0 Å². The first-order valence-corrected chi connectivity index (χ1v) is 10.9. The molecule has 1 atom stereocenters. The lowest BCUT2D eigenvalue weighted by atomic mass is 10.1. The average Bonchev–Trinajstić information content (AvgIpc) is 2.82. The molecule has 0 fully saturated rings. The van der Waals surface area contributed by atoms with Crippen LogP contribution in [0.4, 0.5) is 0 Å². The summed E-state index contributed by atoms with van der Waals surface area (Å²) < 4.78 is 5.84. The number of carbonyl (C=O) groups is 1. The van der Waals surface area contributed by atoms with E-state index >= 15 is 0 Å². The molecule has 1 aromatic heterocycles. The first-order chi connectivity index (χ1) is 15.2. The lowest BCUT2D eigenvalue weighted by Crippen LogP contribution is -2.45. The molecular weight excluding hydrogens is 388 g/mol. The maximum Gasteiger partial charge on any atom is 0.239 e. The van der Waals surface area contributed by atoms with E-state index in [1.807, 2.05) is 59.5 Å². The molecule has 3 aromatic rings. The maximum atomic E-state index is 12.9. The van der Waals surface area contributed by atoms with Gasteiger partial charge in [-0.25, -0.2) is 4.98 Å². The lowest BCUT2D eigenvalue weighted by molar-refractivity contribution is -0.132. The number of carbonyl (C=O) groups excluding carboxylic acids is 1. The summed E-state index contributed by atoms with van der Waals surface area (Å²) >= 11 is 0. The highest BCUT2D eigenvalue weighted by atomic mass is 16.5. The van der Waals surface area contributed by atoms with E-state index in [1.54, 1.807) is 0 Å². The lowest BCUT2D eigenvalue weighted by Gasteiger charge is -2.26. The summed E-state index contributed by atoms with van der Waals surface area (Å²) in [5, 5.41) is 1.08. The minimum Gasteiger partial charge on any atom is -0.478 e. The third-order valence-electron chi connectivity index (χ3n) is 5.26. The Hall–Kier alpha value is -2.96. The zero-order chi connectivity index (χ0) is 21.9. The van der Waals surface area contributed by atoms with Crippen LogP contribution in [0.2, 0.25) is 0 Å². The second-order valence-electron chi connectivity index (χ2n) is 7.64. The molecular formula is C25H32N4O2. The molecule has 0 spiro atoms. The van der Waals surface area contributed by atoms with Crippen molar-refractivity contribution in [2.24, 2.45) is 11.5 Å². The van der Waals surface area contributed by atoms with E-state index in [0.717, 1.165) is 23.7 Å². The van der Waals surface area contributed by atoms with Crippen LogP contribution >= 0.6 is 0 Å². The van der Waals surface area contributed by atoms with Crippen LogP contribution in [0.15, 0.2) is 66.7 Å². The largest absolute Gasteiger partial charge is 0.478 e. The summed E-state index contributed by atoms with van der Waals surface area (Å²) in [5.41, 5.74) is 13.8. The number of nitrogens with zero attached hydrogens (tertiary/aromatic N) is 2. The number of fused-ring (bicyclic) bond motifs is 1. The number of amides is 1. The molecule has 0 bridgehead atoms. The second-order valence-corrected chi connectivity index (χ2v) is 7.64. The number of hydrogen-bond donors (Lipinski definition) is 2. The monoisotopic (exact) mass is 420 g/mol. The second kappa shape index (κ2) is 12.0. The Kier molecular flexibility index (Phi) is 8.82. The van der Waals surface area contributed by atoms with Crippen molar-refractivity contribution >= 4 is 16.8 Å². The van der Waals surface area contributed by atoms with Gasteiger partial charge >= 0.3 is 0 Å².